The van der Waals surface area contributed by atoms with Gasteiger partial charge in [-0.05, 0) is 48.9 Å². The molecule has 0 aliphatic carbocycles. The summed E-state index contributed by atoms with van der Waals surface area (Å²) in [7, 11) is 1.58. The zero-order valence-electron chi connectivity index (χ0n) is 14.5. The summed E-state index contributed by atoms with van der Waals surface area (Å²) in [5, 5.41) is 3.39. The number of anilines is 2. The number of halogens is 1. The van der Waals surface area contributed by atoms with Crippen LogP contribution >= 0.6 is 11.6 Å². The number of hydrogen-bond acceptors (Lipinski definition) is 3. The van der Waals surface area contributed by atoms with Crippen molar-refractivity contribution in [2.24, 2.45) is 0 Å². The van der Waals surface area contributed by atoms with Gasteiger partial charge in [0.05, 0.1) is 7.11 Å². The Morgan fingerprint density at radius 3 is 2.40 bits per heavy atom. The monoisotopic (exact) mass is 360 g/mol. The molecule has 0 radical (unpaired) electrons. The van der Waals surface area contributed by atoms with Crippen LogP contribution in [0.15, 0.2) is 42.5 Å². The number of carbonyl (C=O) groups is 2. The highest BCUT2D eigenvalue weighted by molar-refractivity contribution is 6.31. The Kier molecular flexibility index (Phi) is 6.42. The van der Waals surface area contributed by atoms with Crippen molar-refractivity contribution in [1.82, 2.24) is 0 Å². The first-order valence-electron chi connectivity index (χ1n) is 7.89. The van der Waals surface area contributed by atoms with Gasteiger partial charge in [0.25, 0.3) is 0 Å². The molecule has 2 amide bonds. The zero-order chi connectivity index (χ0) is 18.4. The van der Waals surface area contributed by atoms with Crippen molar-refractivity contribution in [3.05, 3.63) is 53.1 Å². The summed E-state index contributed by atoms with van der Waals surface area (Å²) >= 11 is 6.06. The van der Waals surface area contributed by atoms with Gasteiger partial charge >= 0.3 is 0 Å². The van der Waals surface area contributed by atoms with E-state index in [2.05, 4.69) is 5.32 Å². The Hall–Kier alpha value is -2.53. The van der Waals surface area contributed by atoms with E-state index in [0.29, 0.717) is 16.5 Å². The van der Waals surface area contributed by atoms with Gasteiger partial charge in [-0.15, -0.1) is 0 Å². The number of amides is 2. The normalized spacial score (nSPS) is 10.2. The molecule has 0 unspecified atom stereocenters. The number of carbonyl (C=O) groups excluding carboxylic acids is 2. The van der Waals surface area contributed by atoms with Crippen LogP contribution < -0.4 is 15.0 Å². The van der Waals surface area contributed by atoms with Gasteiger partial charge in [-0.3, -0.25) is 9.59 Å². The van der Waals surface area contributed by atoms with Gasteiger partial charge < -0.3 is 15.0 Å². The topological polar surface area (TPSA) is 58.6 Å². The molecule has 5 nitrogen and oxygen atoms in total. The highest BCUT2D eigenvalue weighted by Gasteiger charge is 2.14. The largest absolute Gasteiger partial charge is 0.497 e. The maximum absolute atomic E-state index is 12.2. The fourth-order valence-electron chi connectivity index (χ4n) is 2.34. The summed E-state index contributed by atoms with van der Waals surface area (Å²) in [6.07, 6.45) is 0.178. The molecule has 0 aromatic heterocycles. The van der Waals surface area contributed by atoms with Crippen LogP contribution in [-0.2, 0) is 9.59 Å². The van der Waals surface area contributed by atoms with Crippen LogP contribution in [-0.4, -0.2) is 25.5 Å². The Bertz CT molecular complexity index is 760. The molecule has 0 bridgehead atoms. The summed E-state index contributed by atoms with van der Waals surface area (Å²) in [5.41, 5.74) is 2.31. The molecule has 132 valence electrons. The molecule has 2 aromatic rings. The van der Waals surface area contributed by atoms with Crippen LogP contribution in [0.2, 0.25) is 5.02 Å². The summed E-state index contributed by atoms with van der Waals surface area (Å²) in [6.45, 7) is 3.66. The van der Waals surface area contributed by atoms with Crippen LogP contribution in [0.25, 0.3) is 0 Å². The molecule has 2 aromatic carbocycles. The van der Waals surface area contributed by atoms with E-state index in [1.807, 2.05) is 13.0 Å². The molecule has 0 heterocycles. The summed E-state index contributed by atoms with van der Waals surface area (Å²) < 4.78 is 5.11. The minimum absolute atomic E-state index is 0.128. The second-order valence-electron chi connectivity index (χ2n) is 5.63. The molecule has 2 rings (SSSR count). The predicted octanol–water partition coefficient (Wildman–Crippen LogP) is 4.04. The van der Waals surface area contributed by atoms with E-state index in [0.717, 1.165) is 11.3 Å². The van der Waals surface area contributed by atoms with Crippen LogP contribution in [0.4, 0.5) is 11.4 Å². The van der Waals surface area contributed by atoms with Gasteiger partial charge in [-0.25, -0.2) is 0 Å². The molecule has 1 N–H and O–H groups in total. The second kappa shape index (κ2) is 8.53. The number of nitrogens with zero attached hydrogens (tertiary/aromatic N) is 1. The van der Waals surface area contributed by atoms with E-state index in [9.17, 15) is 9.59 Å². The first-order chi connectivity index (χ1) is 11.9. The van der Waals surface area contributed by atoms with Crippen molar-refractivity contribution >= 4 is 34.8 Å². The number of aryl methyl sites for hydroxylation is 1. The van der Waals surface area contributed by atoms with Gasteiger partial charge in [-0.2, -0.15) is 0 Å². The number of hydrogen-bond donors (Lipinski definition) is 1. The molecule has 0 fully saturated rings. The minimum Gasteiger partial charge on any atom is -0.497 e. The highest BCUT2D eigenvalue weighted by Crippen LogP contribution is 2.21. The lowest BCUT2D eigenvalue weighted by Gasteiger charge is -2.21. The number of rotatable bonds is 6. The van der Waals surface area contributed by atoms with Crippen molar-refractivity contribution in [2.45, 2.75) is 20.3 Å². The van der Waals surface area contributed by atoms with Gasteiger partial charge in [-0.1, -0.05) is 17.7 Å². The maximum Gasteiger partial charge on any atom is 0.226 e. The van der Waals surface area contributed by atoms with Crippen LogP contribution in [0, 0.1) is 6.92 Å². The van der Waals surface area contributed by atoms with Crippen molar-refractivity contribution < 1.29 is 14.3 Å². The van der Waals surface area contributed by atoms with Crippen molar-refractivity contribution in [3.8, 4) is 5.75 Å². The van der Waals surface area contributed by atoms with E-state index < -0.39 is 0 Å². The first kappa shape index (κ1) is 18.8. The van der Waals surface area contributed by atoms with Gasteiger partial charge in [0.15, 0.2) is 0 Å². The third-order valence-corrected chi connectivity index (χ3v) is 4.19. The predicted molar refractivity (Wildman–Crippen MR) is 100 cm³/mol. The highest BCUT2D eigenvalue weighted by atomic mass is 35.5. The number of ether oxygens (including phenoxy) is 1. The van der Waals surface area contributed by atoms with E-state index in [1.165, 1.54) is 6.92 Å². The van der Waals surface area contributed by atoms with E-state index in [-0.39, 0.29) is 24.8 Å². The Labute approximate surface area is 152 Å². The van der Waals surface area contributed by atoms with Crippen LogP contribution in [0.3, 0.4) is 0 Å². The fourth-order valence-corrected chi connectivity index (χ4v) is 2.52. The van der Waals surface area contributed by atoms with Gasteiger partial charge in [0.1, 0.15) is 5.75 Å². The number of nitrogens with one attached hydrogen (secondary N) is 1. The standard InChI is InChI=1S/C19H21ClN2O3/c1-13-4-5-15(12-18(13)20)21-19(24)10-11-22(14(2)23)16-6-8-17(25-3)9-7-16/h4-9,12H,10-11H2,1-3H3,(H,21,24). The van der Waals surface area contributed by atoms with Gasteiger partial charge in [0, 0.05) is 36.3 Å². The van der Waals surface area contributed by atoms with Gasteiger partial charge in [0.2, 0.25) is 11.8 Å². The summed E-state index contributed by atoms with van der Waals surface area (Å²) in [6, 6.07) is 12.5. The van der Waals surface area contributed by atoms with Crippen molar-refractivity contribution in [2.75, 3.05) is 23.9 Å². The lowest BCUT2D eigenvalue weighted by molar-refractivity contribution is -0.117. The molecular formula is C19H21ClN2O3. The lowest BCUT2D eigenvalue weighted by atomic mass is 10.2. The molecule has 0 atom stereocenters. The SMILES string of the molecule is COc1ccc(N(CCC(=O)Nc2ccc(C)c(Cl)c2)C(C)=O)cc1. The number of benzene rings is 2. The molecule has 25 heavy (non-hydrogen) atoms. The van der Waals surface area contributed by atoms with E-state index >= 15 is 0 Å². The second-order valence-corrected chi connectivity index (χ2v) is 6.04. The smallest absolute Gasteiger partial charge is 0.226 e. The fraction of sp³-hybridized carbons (Fsp3) is 0.263. The van der Waals surface area contributed by atoms with Crippen LogP contribution in [0.1, 0.15) is 18.9 Å². The van der Waals surface area contributed by atoms with E-state index in [4.69, 9.17) is 16.3 Å². The first-order valence-corrected chi connectivity index (χ1v) is 8.26. The maximum atomic E-state index is 12.2. The van der Waals surface area contributed by atoms with E-state index in [1.54, 1.807) is 48.4 Å². The Morgan fingerprint density at radius 1 is 1.16 bits per heavy atom. The molecular weight excluding hydrogens is 340 g/mol. The molecule has 0 spiro atoms. The molecule has 0 aliphatic heterocycles. The quantitative estimate of drug-likeness (QED) is 0.845. The molecule has 0 aliphatic rings. The summed E-state index contributed by atoms with van der Waals surface area (Å²) in [5.74, 6) is 0.400. The third-order valence-electron chi connectivity index (χ3n) is 3.78. The molecule has 6 heteroatoms. The van der Waals surface area contributed by atoms with Crippen molar-refractivity contribution in [1.29, 1.82) is 0 Å². The Balaban J connectivity index is 1.98. The third kappa shape index (κ3) is 5.22. The Morgan fingerprint density at radius 2 is 1.84 bits per heavy atom. The average Bonchev–Trinajstić information content (AvgIpc) is 2.58. The lowest BCUT2D eigenvalue weighted by Crippen LogP contribution is -2.31. The zero-order valence-corrected chi connectivity index (χ0v) is 15.3. The minimum atomic E-state index is -0.181. The van der Waals surface area contributed by atoms with Crippen LogP contribution in [0.5, 0.6) is 5.75 Å². The molecule has 0 saturated heterocycles. The molecule has 0 saturated carbocycles. The van der Waals surface area contributed by atoms with Crippen molar-refractivity contribution in [3.63, 3.8) is 0 Å². The average molecular weight is 361 g/mol. The summed E-state index contributed by atoms with van der Waals surface area (Å²) in [4.78, 5) is 25.6. The number of methoxy groups -OCH3 is 1.